The molecule has 100 valence electrons. The number of benzene rings is 1. The summed E-state index contributed by atoms with van der Waals surface area (Å²) in [5.74, 6) is 0. The van der Waals surface area contributed by atoms with Crippen molar-refractivity contribution in [1.82, 2.24) is 0 Å². The zero-order valence-corrected chi connectivity index (χ0v) is 9.96. The van der Waals surface area contributed by atoms with Crippen molar-refractivity contribution in [3.63, 3.8) is 0 Å². The molecule has 5 heteroatoms. The van der Waals surface area contributed by atoms with Gasteiger partial charge in [-0.1, -0.05) is 6.08 Å². The maximum absolute atomic E-state index is 12.3. The van der Waals surface area contributed by atoms with E-state index >= 15 is 0 Å². The highest BCUT2D eigenvalue weighted by molar-refractivity contribution is 5.45. The van der Waals surface area contributed by atoms with Gasteiger partial charge in [0, 0.05) is 12.2 Å². The summed E-state index contributed by atoms with van der Waals surface area (Å²) < 4.78 is 42.1. The van der Waals surface area contributed by atoms with Crippen molar-refractivity contribution in [3.05, 3.63) is 42.5 Å². The summed E-state index contributed by atoms with van der Waals surface area (Å²) in [6.07, 6.45) is -1.73. The average molecular weight is 259 g/mol. The van der Waals surface area contributed by atoms with Crippen LogP contribution in [0.2, 0.25) is 0 Å². The second-order valence-corrected chi connectivity index (χ2v) is 3.69. The highest BCUT2D eigenvalue weighted by Gasteiger charge is 2.29. The van der Waals surface area contributed by atoms with Crippen LogP contribution in [0.3, 0.4) is 0 Å². The maximum Gasteiger partial charge on any atom is 0.416 e. The van der Waals surface area contributed by atoms with Gasteiger partial charge in [-0.3, -0.25) is 0 Å². The smallest absolute Gasteiger partial charge is 0.383 e. The van der Waals surface area contributed by atoms with Crippen molar-refractivity contribution in [2.45, 2.75) is 12.6 Å². The van der Waals surface area contributed by atoms with Crippen molar-refractivity contribution in [3.8, 4) is 0 Å². The van der Waals surface area contributed by atoms with Gasteiger partial charge in [0.2, 0.25) is 0 Å². The summed E-state index contributed by atoms with van der Waals surface area (Å²) in [6.45, 7) is 5.24. The molecule has 0 saturated heterocycles. The lowest BCUT2D eigenvalue weighted by Gasteiger charge is -2.09. The molecule has 0 saturated carbocycles. The zero-order chi connectivity index (χ0) is 13.4. The predicted octanol–water partition coefficient (Wildman–Crippen LogP) is 3.71. The number of nitrogens with one attached hydrogen (secondary N) is 1. The first kappa shape index (κ1) is 14.6. The third-order valence-electron chi connectivity index (χ3n) is 2.25. The van der Waals surface area contributed by atoms with E-state index in [1.807, 2.05) is 0 Å². The molecule has 0 amide bonds. The number of ether oxygens (including phenoxy) is 1. The molecule has 0 radical (unpaired) electrons. The minimum absolute atomic E-state index is 0.509. The largest absolute Gasteiger partial charge is 0.416 e. The SMILES string of the molecule is C=CCCOCCNc1ccc(C(F)(F)F)cc1. The Kier molecular flexibility index (Phi) is 5.71. The van der Waals surface area contributed by atoms with Gasteiger partial charge in [0.05, 0.1) is 18.8 Å². The molecule has 1 aromatic rings. The standard InChI is InChI=1S/C13H16F3NO/c1-2-3-9-18-10-8-17-12-6-4-11(5-7-12)13(14,15)16/h2,4-7,17H,1,3,8-10H2. The van der Waals surface area contributed by atoms with Gasteiger partial charge >= 0.3 is 6.18 Å². The molecule has 0 aromatic heterocycles. The Balaban J connectivity index is 2.29. The number of rotatable bonds is 7. The molecule has 0 heterocycles. The fourth-order valence-electron chi connectivity index (χ4n) is 1.31. The monoisotopic (exact) mass is 259 g/mol. The van der Waals surface area contributed by atoms with Crippen LogP contribution in [0.25, 0.3) is 0 Å². The van der Waals surface area contributed by atoms with E-state index in [1.54, 1.807) is 6.08 Å². The summed E-state index contributed by atoms with van der Waals surface area (Å²) >= 11 is 0. The number of anilines is 1. The van der Waals surface area contributed by atoms with Gasteiger partial charge in [-0.05, 0) is 30.7 Å². The second kappa shape index (κ2) is 7.06. The highest BCUT2D eigenvalue weighted by Crippen LogP contribution is 2.29. The molecule has 0 bridgehead atoms. The van der Waals surface area contributed by atoms with Crippen LogP contribution in [-0.4, -0.2) is 19.8 Å². The Morgan fingerprint density at radius 2 is 1.83 bits per heavy atom. The minimum Gasteiger partial charge on any atom is -0.383 e. The van der Waals surface area contributed by atoms with Gasteiger partial charge < -0.3 is 10.1 Å². The summed E-state index contributed by atoms with van der Waals surface area (Å²) in [4.78, 5) is 0. The Bertz CT molecular complexity index is 359. The van der Waals surface area contributed by atoms with Gasteiger partial charge in [0.15, 0.2) is 0 Å². The first-order chi connectivity index (χ1) is 8.54. The van der Waals surface area contributed by atoms with Gasteiger partial charge in [0.1, 0.15) is 0 Å². The summed E-state index contributed by atoms with van der Waals surface area (Å²) in [5, 5.41) is 2.98. The maximum atomic E-state index is 12.3. The van der Waals surface area contributed by atoms with Crippen molar-refractivity contribution in [1.29, 1.82) is 0 Å². The average Bonchev–Trinajstić information content (AvgIpc) is 2.33. The van der Waals surface area contributed by atoms with Gasteiger partial charge in [-0.25, -0.2) is 0 Å². The molecule has 1 rings (SSSR count). The van der Waals surface area contributed by atoms with Gasteiger partial charge in [0.25, 0.3) is 0 Å². The molecular formula is C13H16F3NO. The fourth-order valence-corrected chi connectivity index (χ4v) is 1.31. The molecule has 1 N–H and O–H groups in total. The van der Waals surface area contributed by atoms with Gasteiger partial charge in [-0.15, -0.1) is 6.58 Å². The van der Waals surface area contributed by atoms with E-state index in [-0.39, 0.29) is 0 Å². The van der Waals surface area contributed by atoms with E-state index in [1.165, 1.54) is 12.1 Å². The van der Waals surface area contributed by atoms with Crippen LogP contribution in [-0.2, 0) is 10.9 Å². The summed E-state index contributed by atoms with van der Waals surface area (Å²) in [5.41, 5.74) is 0.00519. The van der Waals surface area contributed by atoms with Crippen LogP contribution in [0.5, 0.6) is 0 Å². The van der Waals surface area contributed by atoms with Gasteiger partial charge in [-0.2, -0.15) is 13.2 Å². The van der Waals surface area contributed by atoms with Crippen LogP contribution < -0.4 is 5.32 Å². The van der Waals surface area contributed by atoms with Crippen molar-refractivity contribution in [2.24, 2.45) is 0 Å². The number of halogens is 3. The van der Waals surface area contributed by atoms with Crippen LogP contribution in [0.15, 0.2) is 36.9 Å². The quantitative estimate of drug-likeness (QED) is 0.595. The lowest BCUT2D eigenvalue weighted by Crippen LogP contribution is -2.10. The van der Waals surface area contributed by atoms with E-state index in [9.17, 15) is 13.2 Å². The number of alkyl halides is 3. The molecule has 0 spiro atoms. The molecule has 0 atom stereocenters. The molecule has 1 aromatic carbocycles. The predicted molar refractivity (Wildman–Crippen MR) is 65.6 cm³/mol. The first-order valence-electron chi connectivity index (χ1n) is 5.64. The molecule has 2 nitrogen and oxygen atoms in total. The van der Waals surface area contributed by atoms with Crippen molar-refractivity contribution < 1.29 is 17.9 Å². The molecule has 0 aliphatic carbocycles. The van der Waals surface area contributed by atoms with Crippen molar-refractivity contribution >= 4 is 5.69 Å². The molecule has 0 unspecified atom stereocenters. The fraction of sp³-hybridized carbons (Fsp3) is 0.385. The molecular weight excluding hydrogens is 243 g/mol. The highest BCUT2D eigenvalue weighted by atomic mass is 19.4. The molecule has 18 heavy (non-hydrogen) atoms. The third-order valence-corrected chi connectivity index (χ3v) is 2.25. The topological polar surface area (TPSA) is 21.3 Å². The van der Waals surface area contributed by atoms with E-state index in [0.717, 1.165) is 18.6 Å². The third kappa shape index (κ3) is 5.23. The Morgan fingerprint density at radius 3 is 2.39 bits per heavy atom. The molecule has 0 aliphatic rings. The van der Waals surface area contributed by atoms with Crippen LogP contribution in [0.1, 0.15) is 12.0 Å². The lowest BCUT2D eigenvalue weighted by molar-refractivity contribution is -0.137. The minimum atomic E-state index is -4.29. The van der Waals surface area contributed by atoms with Crippen LogP contribution in [0.4, 0.5) is 18.9 Å². The Morgan fingerprint density at radius 1 is 1.17 bits per heavy atom. The van der Waals surface area contributed by atoms with E-state index in [0.29, 0.717) is 25.4 Å². The first-order valence-corrected chi connectivity index (χ1v) is 5.64. The Labute approximate surface area is 104 Å². The summed E-state index contributed by atoms with van der Waals surface area (Å²) in [7, 11) is 0. The number of hydrogen-bond donors (Lipinski definition) is 1. The lowest BCUT2D eigenvalue weighted by atomic mass is 10.2. The zero-order valence-electron chi connectivity index (χ0n) is 9.96. The van der Waals surface area contributed by atoms with E-state index in [2.05, 4.69) is 11.9 Å². The van der Waals surface area contributed by atoms with E-state index in [4.69, 9.17) is 4.74 Å². The Hall–Kier alpha value is -1.49. The molecule has 0 aliphatic heterocycles. The van der Waals surface area contributed by atoms with E-state index < -0.39 is 11.7 Å². The normalized spacial score (nSPS) is 11.3. The van der Waals surface area contributed by atoms with Crippen molar-refractivity contribution in [2.75, 3.05) is 25.1 Å². The number of hydrogen-bond acceptors (Lipinski definition) is 2. The van der Waals surface area contributed by atoms with Crippen LogP contribution >= 0.6 is 0 Å². The second-order valence-electron chi connectivity index (χ2n) is 3.69. The summed E-state index contributed by atoms with van der Waals surface area (Å²) in [6, 6.07) is 4.93. The molecule has 0 fully saturated rings. The van der Waals surface area contributed by atoms with Crippen LogP contribution in [0, 0.1) is 0 Å².